The zero-order chi connectivity index (χ0) is 13.5. The van der Waals surface area contributed by atoms with Gasteiger partial charge in [-0.3, -0.25) is 5.41 Å². The Bertz CT molecular complexity index is 686. The second-order valence-electron chi connectivity index (χ2n) is 3.20. The van der Waals surface area contributed by atoms with Crippen LogP contribution in [0.2, 0.25) is 0 Å². The molecular formula is C13H7N5. The molecular weight excluding hydrogens is 226 g/mol. The molecule has 0 unspecified atom stereocenters. The topological polar surface area (TPSA) is 121 Å². The summed E-state index contributed by atoms with van der Waals surface area (Å²) in [5, 5.41) is 33.2. The molecule has 1 aromatic carbocycles. The molecule has 0 saturated carbocycles. The molecule has 5 nitrogen and oxygen atoms in total. The third-order valence-corrected chi connectivity index (χ3v) is 2.19. The Morgan fingerprint density at radius 2 is 1.94 bits per heavy atom. The number of rotatable bonds is 2. The average Bonchev–Trinajstić information content (AvgIpc) is 2.40. The Morgan fingerprint density at radius 1 is 1.22 bits per heavy atom. The summed E-state index contributed by atoms with van der Waals surface area (Å²) in [5.74, 6) is 1.95. The lowest BCUT2D eigenvalue weighted by Gasteiger charge is -2.03. The number of nitriles is 3. The molecule has 1 aromatic rings. The van der Waals surface area contributed by atoms with Crippen LogP contribution in [0.4, 0.5) is 5.69 Å². The number of nitrogens with two attached hydrogens (primary N) is 1. The van der Waals surface area contributed by atoms with Crippen LogP contribution in [-0.2, 0) is 0 Å². The molecule has 0 aliphatic carbocycles. The molecule has 3 N–H and O–H groups in total. The van der Waals surface area contributed by atoms with Gasteiger partial charge in [0.05, 0.1) is 16.8 Å². The van der Waals surface area contributed by atoms with Gasteiger partial charge in [0.2, 0.25) is 0 Å². The molecule has 0 amide bonds. The van der Waals surface area contributed by atoms with Gasteiger partial charge in [-0.1, -0.05) is 12.1 Å². The highest BCUT2D eigenvalue weighted by Gasteiger charge is 2.08. The van der Waals surface area contributed by atoms with Gasteiger partial charge in [0.1, 0.15) is 23.8 Å². The predicted octanol–water partition coefficient (Wildman–Crippen LogP) is 1.72. The Morgan fingerprint density at radius 3 is 2.44 bits per heavy atom. The molecule has 0 aromatic heterocycles. The molecule has 1 rings (SSSR count). The van der Waals surface area contributed by atoms with Crippen molar-refractivity contribution in [3.63, 3.8) is 0 Å². The van der Waals surface area contributed by atoms with Crippen LogP contribution in [0, 0.1) is 39.4 Å². The SMILES string of the molecule is N#CC(=C=N)/C=C/c1ccc(C#N)c(N)c1C#N. The molecule has 0 atom stereocenters. The number of nitrogen functional groups attached to an aromatic ring is 1. The summed E-state index contributed by atoms with van der Waals surface area (Å²) in [6.45, 7) is 0. The molecule has 18 heavy (non-hydrogen) atoms. The quantitative estimate of drug-likeness (QED) is 0.349. The van der Waals surface area contributed by atoms with Crippen molar-refractivity contribution in [1.82, 2.24) is 0 Å². The van der Waals surface area contributed by atoms with Gasteiger partial charge >= 0.3 is 0 Å². The van der Waals surface area contributed by atoms with Gasteiger partial charge in [-0.15, -0.1) is 0 Å². The van der Waals surface area contributed by atoms with Crippen molar-refractivity contribution < 1.29 is 0 Å². The lowest BCUT2D eigenvalue weighted by molar-refractivity contribution is 1.44. The normalized spacial score (nSPS) is 8.94. The highest BCUT2D eigenvalue weighted by atomic mass is 14.6. The third kappa shape index (κ3) is 2.43. The van der Waals surface area contributed by atoms with E-state index in [1.807, 2.05) is 18.0 Å². The molecule has 0 bridgehead atoms. The summed E-state index contributed by atoms with van der Waals surface area (Å²) >= 11 is 0. The van der Waals surface area contributed by atoms with Crippen LogP contribution < -0.4 is 5.73 Å². The van der Waals surface area contributed by atoms with Crippen molar-refractivity contribution in [2.24, 2.45) is 0 Å². The summed E-state index contributed by atoms with van der Waals surface area (Å²) in [5.41, 5.74) is 6.70. The molecule has 0 aliphatic rings. The molecule has 0 spiro atoms. The lowest BCUT2D eigenvalue weighted by Crippen LogP contribution is -1.97. The van der Waals surface area contributed by atoms with Crippen LogP contribution >= 0.6 is 0 Å². The van der Waals surface area contributed by atoms with E-state index < -0.39 is 0 Å². The summed E-state index contributed by atoms with van der Waals surface area (Å²) in [6.07, 6.45) is 2.84. The average molecular weight is 233 g/mol. The molecule has 0 aliphatic heterocycles. The summed E-state index contributed by atoms with van der Waals surface area (Å²) in [6, 6.07) is 8.61. The van der Waals surface area contributed by atoms with Crippen molar-refractivity contribution in [2.45, 2.75) is 0 Å². The number of nitrogens with one attached hydrogen (secondary N) is 1. The first-order valence-electron chi connectivity index (χ1n) is 4.78. The van der Waals surface area contributed by atoms with Crippen molar-refractivity contribution in [3.05, 3.63) is 40.5 Å². The maximum Gasteiger partial charge on any atom is 0.113 e. The summed E-state index contributed by atoms with van der Waals surface area (Å²) in [4.78, 5) is 0. The number of hydrogen-bond acceptors (Lipinski definition) is 5. The molecule has 0 fully saturated rings. The second kappa shape index (κ2) is 5.68. The highest BCUT2D eigenvalue weighted by Crippen LogP contribution is 2.22. The fourth-order valence-corrected chi connectivity index (χ4v) is 1.28. The highest BCUT2D eigenvalue weighted by molar-refractivity contribution is 5.76. The first-order chi connectivity index (χ1) is 8.67. The van der Waals surface area contributed by atoms with Gasteiger partial charge in [-0.25, -0.2) is 0 Å². The number of anilines is 1. The van der Waals surface area contributed by atoms with Crippen LogP contribution in [0.15, 0.2) is 23.8 Å². The zero-order valence-electron chi connectivity index (χ0n) is 9.23. The monoisotopic (exact) mass is 233 g/mol. The van der Waals surface area contributed by atoms with Crippen molar-refractivity contribution in [3.8, 4) is 18.2 Å². The van der Waals surface area contributed by atoms with E-state index in [9.17, 15) is 0 Å². The Labute approximate surface area is 104 Å². The minimum absolute atomic E-state index is 0.0295. The van der Waals surface area contributed by atoms with Gasteiger partial charge in [0.25, 0.3) is 0 Å². The number of hydrogen-bond donors (Lipinski definition) is 2. The van der Waals surface area contributed by atoms with E-state index in [0.29, 0.717) is 5.56 Å². The maximum atomic E-state index is 9.00. The van der Waals surface area contributed by atoms with Gasteiger partial charge in [-0.05, 0) is 23.6 Å². The number of allylic oxidation sites excluding steroid dienone is 2. The maximum absolute atomic E-state index is 9.00. The Balaban J connectivity index is 3.35. The standard InChI is InChI=1S/C13H7N5/c14-5-9(6-15)1-2-10-3-4-11(7-16)13(18)12(10)8-17/h1-4,14H,18H2/b2-1+. The van der Waals surface area contributed by atoms with Crippen LogP contribution in [0.3, 0.4) is 0 Å². The largest absolute Gasteiger partial charge is 0.397 e. The van der Waals surface area contributed by atoms with E-state index in [1.165, 1.54) is 18.2 Å². The second-order valence-corrected chi connectivity index (χ2v) is 3.20. The van der Waals surface area contributed by atoms with Crippen LogP contribution in [0.5, 0.6) is 0 Å². The fourth-order valence-electron chi connectivity index (χ4n) is 1.28. The summed E-state index contributed by atoms with van der Waals surface area (Å²) < 4.78 is 0. The summed E-state index contributed by atoms with van der Waals surface area (Å²) in [7, 11) is 0. The minimum atomic E-state index is 0.0295. The minimum Gasteiger partial charge on any atom is -0.397 e. The van der Waals surface area contributed by atoms with Crippen LogP contribution in [0.1, 0.15) is 16.7 Å². The molecule has 5 heteroatoms. The lowest BCUT2D eigenvalue weighted by atomic mass is 10.0. The van der Waals surface area contributed by atoms with Crippen molar-refractivity contribution in [1.29, 1.82) is 21.2 Å². The first kappa shape index (κ1) is 12.7. The van der Waals surface area contributed by atoms with Gasteiger partial charge in [0.15, 0.2) is 0 Å². The van der Waals surface area contributed by atoms with Gasteiger partial charge in [0, 0.05) is 0 Å². The van der Waals surface area contributed by atoms with Crippen LogP contribution in [-0.4, -0.2) is 5.87 Å². The smallest absolute Gasteiger partial charge is 0.113 e. The van der Waals surface area contributed by atoms with E-state index in [2.05, 4.69) is 0 Å². The Hall–Kier alpha value is -3.32. The van der Waals surface area contributed by atoms with Crippen LogP contribution in [0.25, 0.3) is 6.08 Å². The first-order valence-corrected chi connectivity index (χ1v) is 4.78. The molecule has 0 radical (unpaired) electrons. The van der Waals surface area contributed by atoms with E-state index in [-0.39, 0.29) is 22.4 Å². The van der Waals surface area contributed by atoms with E-state index in [4.69, 9.17) is 26.9 Å². The number of nitrogens with zero attached hydrogens (tertiary/aromatic N) is 3. The third-order valence-electron chi connectivity index (χ3n) is 2.19. The van der Waals surface area contributed by atoms with Crippen molar-refractivity contribution in [2.75, 3.05) is 5.73 Å². The van der Waals surface area contributed by atoms with Gasteiger partial charge < -0.3 is 5.73 Å². The predicted molar refractivity (Wildman–Crippen MR) is 66.2 cm³/mol. The van der Waals surface area contributed by atoms with E-state index in [1.54, 1.807) is 12.1 Å². The molecule has 0 saturated heterocycles. The fraction of sp³-hybridized carbons (Fsp3) is 0. The van der Waals surface area contributed by atoms with E-state index >= 15 is 0 Å². The molecule has 0 heterocycles. The number of benzene rings is 1. The van der Waals surface area contributed by atoms with E-state index in [0.717, 1.165) is 0 Å². The Kier molecular flexibility index (Phi) is 4.02. The van der Waals surface area contributed by atoms with Gasteiger partial charge in [-0.2, -0.15) is 15.8 Å². The zero-order valence-corrected chi connectivity index (χ0v) is 9.23. The molecule has 84 valence electrons. The van der Waals surface area contributed by atoms with Crippen molar-refractivity contribution >= 4 is 17.6 Å².